The molecule has 0 aliphatic rings. The van der Waals surface area contributed by atoms with Crippen LogP contribution in [0.2, 0.25) is 0 Å². The first-order chi connectivity index (χ1) is 9.78. The van der Waals surface area contributed by atoms with Gasteiger partial charge in [0.1, 0.15) is 5.75 Å². The summed E-state index contributed by atoms with van der Waals surface area (Å²) in [6, 6.07) is 6.40. The topological polar surface area (TPSA) is 34.1 Å². The average Bonchev–Trinajstić information content (AvgIpc) is 2.94. The molecule has 2 rings (SSSR count). The molecule has 0 amide bonds. The van der Waals surface area contributed by atoms with Crippen molar-refractivity contribution in [2.24, 2.45) is 0 Å². The lowest BCUT2D eigenvalue weighted by Gasteiger charge is -2.08. The summed E-state index contributed by atoms with van der Waals surface area (Å²) in [7, 11) is 3.68. The molecule has 1 aromatic heterocycles. The van der Waals surface area contributed by atoms with Gasteiger partial charge in [0.15, 0.2) is 0 Å². The Balaban J connectivity index is 2.29. The molecule has 1 heterocycles. The van der Waals surface area contributed by atoms with Crippen LogP contribution < -0.4 is 10.1 Å². The third kappa shape index (κ3) is 3.58. The zero-order chi connectivity index (χ0) is 14.4. The molecule has 20 heavy (non-hydrogen) atoms. The monoisotopic (exact) mass is 290 g/mol. The van der Waals surface area contributed by atoms with Gasteiger partial charge in [0, 0.05) is 23.9 Å². The highest BCUT2D eigenvalue weighted by Gasteiger charge is 2.11. The molecule has 1 N–H and O–H groups in total. The van der Waals surface area contributed by atoms with E-state index in [0.29, 0.717) is 0 Å². The summed E-state index contributed by atoms with van der Waals surface area (Å²) in [5, 5.41) is 6.44. The molecular formula is C16H22N2OS. The van der Waals surface area contributed by atoms with Gasteiger partial charge in [-0.2, -0.15) is 0 Å². The van der Waals surface area contributed by atoms with E-state index in [1.165, 1.54) is 5.56 Å². The van der Waals surface area contributed by atoms with Crippen LogP contribution in [0.3, 0.4) is 0 Å². The maximum absolute atomic E-state index is 5.48. The van der Waals surface area contributed by atoms with Gasteiger partial charge >= 0.3 is 0 Å². The van der Waals surface area contributed by atoms with Crippen LogP contribution in [0.5, 0.6) is 5.75 Å². The number of rotatable bonds is 7. The molecule has 0 saturated heterocycles. The smallest absolute Gasteiger partial charge is 0.128 e. The molecule has 0 aliphatic heterocycles. The van der Waals surface area contributed by atoms with E-state index in [2.05, 4.69) is 29.8 Å². The highest BCUT2D eigenvalue weighted by molar-refractivity contribution is 7.09. The van der Waals surface area contributed by atoms with Crippen molar-refractivity contribution in [1.82, 2.24) is 10.3 Å². The number of thiazole rings is 1. The molecule has 3 nitrogen and oxygen atoms in total. The number of methoxy groups -OCH3 is 1. The Morgan fingerprint density at radius 2 is 2.15 bits per heavy atom. The molecule has 0 radical (unpaired) electrons. The molecule has 108 valence electrons. The van der Waals surface area contributed by atoms with E-state index in [0.717, 1.165) is 47.8 Å². The van der Waals surface area contributed by atoms with Crippen LogP contribution in [0.1, 0.15) is 23.9 Å². The number of likely N-dealkylation sites (N-methyl/N-ethyl adjacent to an activating group) is 1. The highest BCUT2D eigenvalue weighted by atomic mass is 32.1. The van der Waals surface area contributed by atoms with Crippen LogP contribution in [0, 0.1) is 0 Å². The van der Waals surface area contributed by atoms with Crippen LogP contribution in [0.25, 0.3) is 11.3 Å². The van der Waals surface area contributed by atoms with Gasteiger partial charge < -0.3 is 10.1 Å². The molecule has 0 spiro atoms. The Morgan fingerprint density at radius 3 is 2.85 bits per heavy atom. The van der Waals surface area contributed by atoms with E-state index < -0.39 is 0 Å². The van der Waals surface area contributed by atoms with Crippen LogP contribution in [-0.2, 0) is 12.8 Å². The average molecular weight is 290 g/mol. The third-order valence-corrected chi connectivity index (χ3v) is 4.13. The SMILES string of the molecule is CCCc1ccc(OC)c(-c2csc(CCNC)n2)c1. The minimum atomic E-state index is 0.898. The second-order valence-corrected chi connectivity index (χ2v) is 5.71. The maximum Gasteiger partial charge on any atom is 0.128 e. The summed E-state index contributed by atoms with van der Waals surface area (Å²) in [5.41, 5.74) is 3.47. The number of nitrogens with one attached hydrogen (secondary N) is 1. The zero-order valence-corrected chi connectivity index (χ0v) is 13.2. The predicted octanol–water partition coefficient (Wildman–Crippen LogP) is 3.53. The molecule has 0 unspecified atom stereocenters. The van der Waals surface area contributed by atoms with Crippen molar-refractivity contribution in [3.8, 4) is 17.0 Å². The van der Waals surface area contributed by atoms with Crippen LogP contribution >= 0.6 is 11.3 Å². The molecule has 0 saturated carbocycles. The molecule has 0 aliphatic carbocycles. The van der Waals surface area contributed by atoms with Gasteiger partial charge in [-0.15, -0.1) is 11.3 Å². The summed E-state index contributed by atoms with van der Waals surface area (Å²) in [5.74, 6) is 0.898. The summed E-state index contributed by atoms with van der Waals surface area (Å²) in [6.45, 7) is 3.16. The van der Waals surface area contributed by atoms with Gasteiger partial charge in [-0.05, 0) is 31.2 Å². The number of ether oxygens (including phenoxy) is 1. The van der Waals surface area contributed by atoms with E-state index in [9.17, 15) is 0 Å². The summed E-state index contributed by atoms with van der Waals surface area (Å²) >= 11 is 1.72. The fraction of sp³-hybridized carbons (Fsp3) is 0.438. The van der Waals surface area contributed by atoms with Crippen LogP contribution in [-0.4, -0.2) is 25.7 Å². The number of aromatic nitrogens is 1. The van der Waals surface area contributed by atoms with Gasteiger partial charge in [0.05, 0.1) is 17.8 Å². The largest absolute Gasteiger partial charge is 0.496 e. The minimum Gasteiger partial charge on any atom is -0.496 e. The van der Waals surface area contributed by atoms with E-state index in [1.807, 2.05) is 13.1 Å². The first-order valence-electron chi connectivity index (χ1n) is 7.04. The number of nitrogens with zero attached hydrogens (tertiary/aromatic N) is 1. The number of hydrogen-bond donors (Lipinski definition) is 1. The Kier molecular flexibility index (Phi) is 5.56. The quantitative estimate of drug-likeness (QED) is 0.847. The van der Waals surface area contributed by atoms with Gasteiger partial charge in [-0.25, -0.2) is 4.98 Å². The predicted molar refractivity (Wildman–Crippen MR) is 85.7 cm³/mol. The normalized spacial score (nSPS) is 10.8. The molecule has 2 aromatic rings. The van der Waals surface area contributed by atoms with Crippen molar-refractivity contribution in [3.63, 3.8) is 0 Å². The standard InChI is InChI=1S/C16H22N2OS/c1-4-5-12-6-7-15(19-3)13(10-12)14-11-20-16(18-14)8-9-17-2/h6-7,10-11,17H,4-5,8-9H2,1-3H3. The lowest BCUT2D eigenvalue weighted by Crippen LogP contribution is -2.09. The van der Waals surface area contributed by atoms with Gasteiger partial charge in [-0.1, -0.05) is 19.4 Å². The Labute approximate surface area is 125 Å². The second-order valence-electron chi connectivity index (χ2n) is 4.76. The van der Waals surface area contributed by atoms with E-state index in [4.69, 9.17) is 9.72 Å². The van der Waals surface area contributed by atoms with E-state index in [1.54, 1.807) is 18.4 Å². The van der Waals surface area contributed by atoms with Crippen LogP contribution in [0.15, 0.2) is 23.6 Å². The number of hydrogen-bond acceptors (Lipinski definition) is 4. The molecule has 0 fully saturated rings. The maximum atomic E-state index is 5.48. The van der Waals surface area contributed by atoms with E-state index >= 15 is 0 Å². The third-order valence-electron chi connectivity index (χ3n) is 3.22. The van der Waals surface area contributed by atoms with E-state index in [-0.39, 0.29) is 0 Å². The Bertz CT molecular complexity index is 551. The fourth-order valence-electron chi connectivity index (χ4n) is 2.18. The van der Waals surface area contributed by atoms with Crippen molar-refractivity contribution in [3.05, 3.63) is 34.2 Å². The van der Waals surface area contributed by atoms with Crippen LogP contribution in [0.4, 0.5) is 0 Å². The minimum absolute atomic E-state index is 0.898. The summed E-state index contributed by atoms with van der Waals surface area (Å²) < 4.78 is 5.48. The summed E-state index contributed by atoms with van der Waals surface area (Å²) in [6.07, 6.45) is 3.21. The first-order valence-corrected chi connectivity index (χ1v) is 7.92. The fourth-order valence-corrected chi connectivity index (χ4v) is 2.98. The molecule has 0 atom stereocenters. The van der Waals surface area contributed by atoms with Crippen molar-refractivity contribution in [2.45, 2.75) is 26.2 Å². The zero-order valence-electron chi connectivity index (χ0n) is 12.4. The van der Waals surface area contributed by atoms with Crippen molar-refractivity contribution in [1.29, 1.82) is 0 Å². The second kappa shape index (κ2) is 7.41. The van der Waals surface area contributed by atoms with Crippen molar-refractivity contribution in [2.75, 3.05) is 20.7 Å². The Morgan fingerprint density at radius 1 is 1.30 bits per heavy atom. The summed E-state index contributed by atoms with van der Waals surface area (Å²) in [4.78, 5) is 4.73. The van der Waals surface area contributed by atoms with Crippen molar-refractivity contribution >= 4 is 11.3 Å². The molecule has 0 bridgehead atoms. The Hall–Kier alpha value is -1.39. The highest BCUT2D eigenvalue weighted by Crippen LogP contribution is 2.32. The first kappa shape index (κ1) is 15.0. The van der Waals surface area contributed by atoms with Crippen molar-refractivity contribution < 1.29 is 4.74 Å². The van der Waals surface area contributed by atoms with Gasteiger partial charge in [-0.3, -0.25) is 0 Å². The molecule has 4 heteroatoms. The number of aryl methyl sites for hydroxylation is 1. The van der Waals surface area contributed by atoms with Gasteiger partial charge in [0.2, 0.25) is 0 Å². The number of benzene rings is 1. The molecule has 1 aromatic carbocycles. The van der Waals surface area contributed by atoms with Gasteiger partial charge in [0.25, 0.3) is 0 Å². The molecular weight excluding hydrogens is 268 g/mol. The lowest BCUT2D eigenvalue weighted by molar-refractivity contribution is 0.416. The lowest BCUT2D eigenvalue weighted by atomic mass is 10.0.